The lowest BCUT2D eigenvalue weighted by molar-refractivity contribution is 0.0628. The van der Waals surface area contributed by atoms with Crippen LogP contribution in [0, 0.1) is 0 Å². The lowest BCUT2D eigenvalue weighted by Gasteiger charge is -2.24. The molecule has 96 valence electrons. The van der Waals surface area contributed by atoms with Crippen molar-refractivity contribution in [2.75, 3.05) is 20.3 Å². The highest BCUT2D eigenvalue weighted by molar-refractivity contribution is 6.01. The molecule has 1 aliphatic rings. The zero-order chi connectivity index (χ0) is 13.0. The van der Waals surface area contributed by atoms with E-state index in [1.807, 2.05) is 4.90 Å². The molecule has 4 heteroatoms. The van der Waals surface area contributed by atoms with E-state index in [0.717, 1.165) is 25.7 Å². The third kappa shape index (κ3) is 2.43. The van der Waals surface area contributed by atoms with Gasteiger partial charge in [-0.15, -0.1) is 0 Å². The number of carbonyl (C=O) groups is 2. The van der Waals surface area contributed by atoms with Gasteiger partial charge >= 0.3 is 0 Å². The molecule has 18 heavy (non-hydrogen) atoms. The van der Waals surface area contributed by atoms with Crippen LogP contribution in [0.2, 0.25) is 0 Å². The second kappa shape index (κ2) is 5.78. The minimum Gasteiger partial charge on any atom is -0.383 e. The number of aldehydes is 1. The Balaban J connectivity index is 2.22. The summed E-state index contributed by atoms with van der Waals surface area (Å²) >= 11 is 0. The van der Waals surface area contributed by atoms with Crippen LogP contribution in [0.25, 0.3) is 0 Å². The topological polar surface area (TPSA) is 46.6 Å². The van der Waals surface area contributed by atoms with E-state index in [9.17, 15) is 9.59 Å². The number of rotatable bonds is 4. The van der Waals surface area contributed by atoms with E-state index < -0.39 is 0 Å². The summed E-state index contributed by atoms with van der Waals surface area (Å²) in [7, 11) is 1.64. The van der Waals surface area contributed by atoms with Crippen molar-refractivity contribution in [2.45, 2.75) is 18.9 Å². The van der Waals surface area contributed by atoms with Crippen molar-refractivity contribution in [3.05, 3.63) is 35.4 Å². The largest absolute Gasteiger partial charge is 0.383 e. The summed E-state index contributed by atoms with van der Waals surface area (Å²) < 4.78 is 5.14. The van der Waals surface area contributed by atoms with Gasteiger partial charge in [-0.1, -0.05) is 18.2 Å². The predicted octanol–water partition coefficient (Wildman–Crippen LogP) is 1.75. The van der Waals surface area contributed by atoms with Crippen LogP contribution in [0.1, 0.15) is 33.6 Å². The van der Waals surface area contributed by atoms with Crippen LogP contribution in [0.5, 0.6) is 0 Å². The molecule has 1 aliphatic heterocycles. The molecule has 0 N–H and O–H groups in total. The van der Waals surface area contributed by atoms with E-state index in [-0.39, 0.29) is 11.9 Å². The van der Waals surface area contributed by atoms with Gasteiger partial charge in [-0.3, -0.25) is 9.59 Å². The number of hydrogen-bond acceptors (Lipinski definition) is 3. The first kappa shape index (κ1) is 12.8. The van der Waals surface area contributed by atoms with Gasteiger partial charge in [0.25, 0.3) is 5.91 Å². The Morgan fingerprint density at radius 2 is 2.28 bits per heavy atom. The maximum atomic E-state index is 12.4. The number of ether oxygens (including phenoxy) is 1. The second-order valence-corrected chi connectivity index (χ2v) is 4.46. The van der Waals surface area contributed by atoms with Crippen molar-refractivity contribution in [2.24, 2.45) is 0 Å². The molecule has 4 nitrogen and oxygen atoms in total. The van der Waals surface area contributed by atoms with E-state index in [4.69, 9.17) is 4.74 Å². The highest BCUT2D eigenvalue weighted by atomic mass is 16.5. The van der Waals surface area contributed by atoms with Crippen molar-refractivity contribution >= 4 is 12.2 Å². The zero-order valence-electron chi connectivity index (χ0n) is 10.5. The highest BCUT2D eigenvalue weighted by Gasteiger charge is 2.30. The van der Waals surface area contributed by atoms with Gasteiger partial charge in [-0.2, -0.15) is 0 Å². The number of carbonyl (C=O) groups excluding carboxylic acids is 2. The van der Waals surface area contributed by atoms with Crippen LogP contribution < -0.4 is 0 Å². The molecule has 1 aromatic carbocycles. The number of likely N-dealkylation sites (tertiary alicyclic amines) is 1. The molecule has 1 fully saturated rings. The minimum atomic E-state index is -0.0720. The van der Waals surface area contributed by atoms with Crippen LogP contribution in [-0.4, -0.2) is 43.4 Å². The van der Waals surface area contributed by atoms with Crippen LogP contribution in [0.4, 0.5) is 0 Å². The fourth-order valence-electron chi connectivity index (χ4n) is 2.42. The van der Waals surface area contributed by atoms with Gasteiger partial charge in [0, 0.05) is 19.2 Å². The highest BCUT2D eigenvalue weighted by Crippen LogP contribution is 2.21. The fraction of sp³-hybridized carbons (Fsp3) is 0.429. The van der Waals surface area contributed by atoms with E-state index in [0.29, 0.717) is 17.7 Å². The standard InChI is InChI=1S/C14H17NO3/c1-18-10-12-6-4-8-15(12)14(17)13-7-3-2-5-11(13)9-16/h2-3,5,7,9,12H,4,6,8,10H2,1H3/t12-/m0/s1. The molecule has 1 heterocycles. The van der Waals surface area contributed by atoms with Gasteiger partial charge in [-0.05, 0) is 18.9 Å². The predicted molar refractivity (Wildman–Crippen MR) is 67.8 cm³/mol. The van der Waals surface area contributed by atoms with Crippen molar-refractivity contribution in [3.8, 4) is 0 Å². The van der Waals surface area contributed by atoms with E-state index in [1.165, 1.54) is 0 Å². The molecule has 2 rings (SSSR count). The summed E-state index contributed by atoms with van der Waals surface area (Å²) in [6.07, 6.45) is 2.68. The summed E-state index contributed by atoms with van der Waals surface area (Å²) in [5.74, 6) is -0.0720. The van der Waals surface area contributed by atoms with Crippen molar-refractivity contribution in [3.63, 3.8) is 0 Å². The summed E-state index contributed by atoms with van der Waals surface area (Å²) in [5.41, 5.74) is 0.932. The molecule has 0 spiro atoms. The van der Waals surface area contributed by atoms with Gasteiger partial charge in [0.2, 0.25) is 0 Å². The molecule has 1 aromatic rings. The number of nitrogens with zero attached hydrogens (tertiary/aromatic N) is 1. The lowest BCUT2D eigenvalue weighted by Crippen LogP contribution is -2.38. The van der Waals surface area contributed by atoms with Crippen molar-refractivity contribution in [1.29, 1.82) is 0 Å². The summed E-state index contributed by atoms with van der Waals surface area (Å²) in [6, 6.07) is 7.04. The molecule has 1 atom stereocenters. The van der Waals surface area contributed by atoms with Crippen molar-refractivity contribution < 1.29 is 14.3 Å². The molecular formula is C14H17NO3. The zero-order valence-corrected chi connectivity index (χ0v) is 10.5. The summed E-state index contributed by atoms with van der Waals surface area (Å²) in [5, 5.41) is 0. The number of methoxy groups -OCH3 is 1. The fourth-order valence-corrected chi connectivity index (χ4v) is 2.42. The maximum absolute atomic E-state index is 12.4. The Bertz CT molecular complexity index is 444. The van der Waals surface area contributed by atoms with E-state index in [2.05, 4.69) is 0 Å². The Labute approximate surface area is 107 Å². The first-order valence-corrected chi connectivity index (χ1v) is 6.12. The van der Waals surface area contributed by atoms with E-state index in [1.54, 1.807) is 31.4 Å². The molecular weight excluding hydrogens is 230 g/mol. The number of amides is 1. The molecule has 1 saturated heterocycles. The average molecular weight is 247 g/mol. The van der Waals surface area contributed by atoms with Gasteiger partial charge in [-0.25, -0.2) is 0 Å². The van der Waals surface area contributed by atoms with E-state index >= 15 is 0 Å². The van der Waals surface area contributed by atoms with Crippen LogP contribution in [0.3, 0.4) is 0 Å². The molecule has 0 bridgehead atoms. The Morgan fingerprint density at radius 3 is 3.00 bits per heavy atom. The van der Waals surface area contributed by atoms with Crippen LogP contribution in [0.15, 0.2) is 24.3 Å². The number of hydrogen-bond donors (Lipinski definition) is 0. The normalized spacial score (nSPS) is 18.9. The second-order valence-electron chi connectivity index (χ2n) is 4.46. The molecule has 0 saturated carbocycles. The average Bonchev–Trinajstić information content (AvgIpc) is 2.86. The van der Waals surface area contributed by atoms with Gasteiger partial charge < -0.3 is 9.64 Å². The molecule has 0 aliphatic carbocycles. The van der Waals surface area contributed by atoms with Gasteiger partial charge in [0.15, 0.2) is 6.29 Å². The van der Waals surface area contributed by atoms with Gasteiger partial charge in [0.05, 0.1) is 18.2 Å². The SMILES string of the molecule is COC[C@@H]1CCCN1C(=O)c1ccccc1C=O. The third-order valence-corrected chi connectivity index (χ3v) is 3.32. The lowest BCUT2D eigenvalue weighted by atomic mass is 10.1. The molecule has 1 amide bonds. The monoisotopic (exact) mass is 247 g/mol. The summed E-state index contributed by atoms with van der Waals surface area (Å²) in [4.78, 5) is 25.2. The smallest absolute Gasteiger partial charge is 0.254 e. The van der Waals surface area contributed by atoms with Gasteiger partial charge in [0.1, 0.15) is 0 Å². The Morgan fingerprint density at radius 1 is 1.50 bits per heavy atom. The maximum Gasteiger partial charge on any atom is 0.254 e. The first-order chi connectivity index (χ1) is 8.77. The van der Waals surface area contributed by atoms with Crippen LogP contribution >= 0.6 is 0 Å². The Hall–Kier alpha value is -1.68. The number of benzene rings is 1. The summed E-state index contributed by atoms with van der Waals surface area (Å²) in [6.45, 7) is 1.29. The van der Waals surface area contributed by atoms with Crippen molar-refractivity contribution in [1.82, 2.24) is 4.90 Å². The third-order valence-electron chi connectivity index (χ3n) is 3.32. The first-order valence-electron chi connectivity index (χ1n) is 6.12. The minimum absolute atomic E-state index is 0.0720. The molecule has 0 aromatic heterocycles. The molecule has 0 unspecified atom stereocenters. The quantitative estimate of drug-likeness (QED) is 0.761. The molecule has 0 radical (unpaired) electrons. The van der Waals surface area contributed by atoms with Crippen LogP contribution in [-0.2, 0) is 4.74 Å². The Kier molecular flexibility index (Phi) is 4.10.